The van der Waals surface area contributed by atoms with Crippen LogP contribution >= 0.6 is 0 Å². The number of aryl methyl sites for hydroxylation is 1. The van der Waals surface area contributed by atoms with Gasteiger partial charge in [0, 0.05) is 5.69 Å². The Kier molecular flexibility index (Phi) is 3.09. The molecule has 18 heavy (non-hydrogen) atoms. The van der Waals surface area contributed by atoms with Gasteiger partial charge >= 0.3 is 0 Å². The van der Waals surface area contributed by atoms with Crippen molar-refractivity contribution in [1.29, 1.82) is 0 Å². The molecule has 1 heterocycles. The van der Waals surface area contributed by atoms with Crippen molar-refractivity contribution in [1.82, 2.24) is 20.2 Å². The fraction of sp³-hybridized carbons (Fsp3) is 0.200. The lowest BCUT2D eigenvalue weighted by Crippen LogP contribution is -2.13. The fourth-order valence-corrected chi connectivity index (χ4v) is 1.39. The van der Waals surface area contributed by atoms with Crippen LogP contribution in [0, 0.1) is 0 Å². The second kappa shape index (κ2) is 4.70. The summed E-state index contributed by atoms with van der Waals surface area (Å²) in [5.41, 5.74) is 11.5. The van der Waals surface area contributed by atoms with Crippen molar-refractivity contribution in [3.05, 3.63) is 29.6 Å². The Labute approximate surface area is 103 Å². The number of primary amides is 1. The van der Waals surface area contributed by atoms with Gasteiger partial charge in [-0.15, -0.1) is 10.2 Å². The number of nitrogens with zero attached hydrogens (tertiary/aromatic N) is 4. The molecule has 1 aromatic carbocycles. The highest BCUT2D eigenvalue weighted by Gasteiger charge is 2.11. The lowest BCUT2D eigenvalue weighted by Gasteiger charge is -2.08. The Morgan fingerprint density at radius 2 is 2.28 bits per heavy atom. The van der Waals surface area contributed by atoms with Crippen molar-refractivity contribution in [2.24, 2.45) is 12.8 Å². The van der Waals surface area contributed by atoms with Gasteiger partial charge in [-0.05, 0) is 23.4 Å². The molecule has 0 fully saturated rings. The number of ether oxygens (including phenoxy) is 1. The molecule has 0 atom stereocenters. The van der Waals surface area contributed by atoms with E-state index in [4.69, 9.17) is 16.2 Å². The Hall–Kier alpha value is -2.64. The first kappa shape index (κ1) is 11.8. The monoisotopic (exact) mass is 248 g/mol. The average molecular weight is 248 g/mol. The maximum absolute atomic E-state index is 11.2. The maximum atomic E-state index is 11.2. The molecule has 0 bridgehead atoms. The number of benzene rings is 1. The maximum Gasteiger partial charge on any atom is 0.252 e. The zero-order valence-corrected chi connectivity index (χ0v) is 9.70. The van der Waals surface area contributed by atoms with Crippen LogP contribution in [0.15, 0.2) is 18.2 Å². The molecule has 1 aromatic heterocycles. The topological polar surface area (TPSA) is 122 Å². The second-order valence-electron chi connectivity index (χ2n) is 3.60. The van der Waals surface area contributed by atoms with Crippen LogP contribution in [0.2, 0.25) is 0 Å². The van der Waals surface area contributed by atoms with E-state index in [2.05, 4.69) is 15.4 Å². The van der Waals surface area contributed by atoms with Crippen LogP contribution in [0.4, 0.5) is 5.69 Å². The third kappa shape index (κ3) is 2.54. The van der Waals surface area contributed by atoms with Crippen LogP contribution in [-0.2, 0) is 13.7 Å². The third-order valence-corrected chi connectivity index (χ3v) is 2.18. The first-order valence-electron chi connectivity index (χ1n) is 5.11. The van der Waals surface area contributed by atoms with Crippen molar-refractivity contribution in [2.45, 2.75) is 6.61 Å². The number of nitrogen functional groups attached to an aromatic ring is 1. The molecule has 94 valence electrons. The van der Waals surface area contributed by atoms with E-state index in [-0.39, 0.29) is 12.2 Å². The van der Waals surface area contributed by atoms with Crippen molar-refractivity contribution in [2.75, 3.05) is 5.73 Å². The number of amides is 1. The van der Waals surface area contributed by atoms with E-state index in [1.54, 1.807) is 19.2 Å². The molecule has 0 aliphatic carbocycles. The Balaban J connectivity index is 2.16. The van der Waals surface area contributed by atoms with Crippen molar-refractivity contribution >= 4 is 11.6 Å². The van der Waals surface area contributed by atoms with Crippen LogP contribution in [0.3, 0.4) is 0 Å². The molecular formula is C10H12N6O2. The molecule has 0 saturated carbocycles. The van der Waals surface area contributed by atoms with Gasteiger partial charge in [0.2, 0.25) is 5.82 Å². The van der Waals surface area contributed by atoms with Crippen LogP contribution in [0.25, 0.3) is 0 Å². The lowest BCUT2D eigenvalue weighted by atomic mass is 10.1. The molecule has 0 spiro atoms. The minimum atomic E-state index is -0.607. The molecule has 1 amide bonds. The van der Waals surface area contributed by atoms with Gasteiger partial charge in [0.15, 0.2) is 6.61 Å². The Morgan fingerprint density at radius 1 is 1.50 bits per heavy atom. The molecule has 0 radical (unpaired) electrons. The first-order valence-corrected chi connectivity index (χ1v) is 5.11. The normalized spacial score (nSPS) is 10.3. The van der Waals surface area contributed by atoms with Gasteiger partial charge in [-0.1, -0.05) is 0 Å². The highest BCUT2D eigenvalue weighted by molar-refractivity contribution is 5.96. The van der Waals surface area contributed by atoms with Gasteiger partial charge in [-0.3, -0.25) is 4.79 Å². The third-order valence-electron chi connectivity index (χ3n) is 2.18. The van der Waals surface area contributed by atoms with E-state index in [1.165, 1.54) is 10.9 Å². The number of carbonyl (C=O) groups excluding carboxylic acids is 1. The summed E-state index contributed by atoms with van der Waals surface area (Å²) in [5.74, 6) is 0.137. The molecule has 8 heteroatoms. The zero-order chi connectivity index (χ0) is 13.1. The fourth-order valence-electron chi connectivity index (χ4n) is 1.39. The van der Waals surface area contributed by atoms with Gasteiger partial charge in [0.05, 0.1) is 12.6 Å². The highest BCUT2D eigenvalue weighted by Crippen LogP contribution is 2.21. The lowest BCUT2D eigenvalue weighted by molar-refractivity contribution is 0.0996. The summed E-state index contributed by atoms with van der Waals surface area (Å²) in [4.78, 5) is 12.5. The van der Waals surface area contributed by atoms with Crippen LogP contribution < -0.4 is 16.2 Å². The van der Waals surface area contributed by atoms with E-state index in [0.29, 0.717) is 17.3 Å². The number of tetrazole rings is 1. The number of aromatic nitrogens is 4. The summed E-state index contributed by atoms with van der Waals surface area (Å²) in [6.07, 6.45) is 0. The van der Waals surface area contributed by atoms with Crippen molar-refractivity contribution in [3.8, 4) is 5.75 Å². The SMILES string of the molecule is Cn1nnc(COc2ccc(N)cc2C(N)=O)n1. The van der Waals surface area contributed by atoms with Crippen LogP contribution in [0.1, 0.15) is 16.2 Å². The average Bonchev–Trinajstić information content (AvgIpc) is 2.73. The molecule has 2 rings (SSSR count). The van der Waals surface area contributed by atoms with Gasteiger partial charge in [0.1, 0.15) is 5.75 Å². The first-order chi connectivity index (χ1) is 8.56. The van der Waals surface area contributed by atoms with Gasteiger partial charge in [-0.2, -0.15) is 4.80 Å². The largest absolute Gasteiger partial charge is 0.485 e. The quantitative estimate of drug-likeness (QED) is 0.701. The van der Waals surface area contributed by atoms with Crippen molar-refractivity contribution < 1.29 is 9.53 Å². The minimum absolute atomic E-state index is 0.0953. The van der Waals surface area contributed by atoms with Crippen LogP contribution in [0.5, 0.6) is 5.75 Å². The molecule has 0 unspecified atom stereocenters. The second-order valence-corrected chi connectivity index (χ2v) is 3.60. The number of hydrogen-bond acceptors (Lipinski definition) is 6. The molecule has 2 aromatic rings. The summed E-state index contributed by atoms with van der Waals surface area (Å²) in [6, 6.07) is 4.65. The zero-order valence-electron chi connectivity index (χ0n) is 9.70. The Morgan fingerprint density at radius 3 is 2.89 bits per heavy atom. The Bertz CT molecular complexity index is 579. The van der Waals surface area contributed by atoms with E-state index in [1.807, 2.05) is 0 Å². The smallest absolute Gasteiger partial charge is 0.252 e. The number of hydrogen-bond donors (Lipinski definition) is 2. The van der Waals surface area contributed by atoms with E-state index in [0.717, 1.165) is 0 Å². The summed E-state index contributed by atoms with van der Waals surface area (Å²) in [5, 5.41) is 11.4. The predicted octanol–water partition coefficient (Wildman–Crippen LogP) is -0.530. The number of carbonyl (C=O) groups is 1. The van der Waals surface area contributed by atoms with E-state index < -0.39 is 5.91 Å². The standard InChI is InChI=1S/C10H12N6O2/c1-16-14-9(13-15-16)5-18-8-3-2-6(11)4-7(8)10(12)17/h2-4H,5,11H2,1H3,(H2,12,17). The minimum Gasteiger partial charge on any atom is -0.485 e. The highest BCUT2D eigenvalue weighted by atomic mass is 16.5. The number of nitrogens with two attached hydrogens (primary N) is 2. The molecule has 8 nitrogen and oxygen atoms in total. The number of anilines is 1. The van der Waals surface area contributed by atoms with Crippen molar-refractivity contribution in [3.63, 3.8) is 0 Å². The molecular weight excluding hydrogens is 236 g/mol. The molecule has 0 aliphatic rings. The summed E-state index contributed by atoms with van der Waals surface area (Å²) < 4.78 is 5.42. The molecule has 0 saturated heterocycles. The van der Waals surface area contributed by atoms with Gasteiger partial charge < -0.3 is 16.2 Å². The summed E-state index contributed by atoms with van der Waals surface area (Å²) in [7, 11) is 1.65. The van der Waals surface area contributed by atoms with E-state index >= 15 is 0 Å². The summed E-state index contributed by atoms with van der Waals surface area (Å²) in [6.45, 7) is 0.0953. The van der Waals surface area contributed by atoms with Crippen LogP contribution in [-0.4, -0.2) is 26.1 Å². The van der Waals surface area contributed by atoms with Gasteiger partial charge in [0.25, 0.3) is 5.91 Å². The van der Waals surface area contributed by atoms with E-state index in [9.17, 15) is 4.79 Å². The molecule has 4 N–H and O–H groups in total. The van der Waals surface area contributed by atoms with Gasteiger partial charge in [-0.25, -0.2) is 0 Å². The predicted molar refractivity (Wildman–Crippen MR) is 62.5 cm³/mol. The number of rotatable bonds is 4. The molecule has 0 aliphatic heterocycles. The summed E-state index contributed by atoms with van der Waals surface area (Å²) >= 11 is 0.